The number of benzene rings is 1. The third-order valence-corrected chi connectivity index (χ3v) is 6.42. The Bertz CT molecular complexity index is 1000. The quantitative estimate of drug-likeness (QED) is 0.603. The van der Waals surface area contributed by atoms with Gasteiger partial charge in [0.15, 0.2) is 5.11 Å². The lowest BCUT2D eigenvalue weighted by Crippen LogP contribution is -2.42. The van der Waals surface area contributed by atoms with Gasteiger partial charge in [-0.25, -0.2) is 0 Å². The number of hydrogen-bond donors (Lipinski definition) is 1. The second-order valence-electron chi connectivity index (χ2n) is 7.96. The fourth-order valence-electron chi connectivity index (χ4n) is 4.43. The molecule has 160 valence electrons. The van der Waals surface area contributed by atoms with Crippen LogP contribution in [0.25, 0.3) is 5.69 Å². The Morgan fingerprint density at radius 1 is 1.00 bits per heavy atom. The highest BCUT2D eigenvalue weighted by Crippen LogP contribution is 2.38. The van der Waals surface area contributed by atoms with Crippen molar-refractivity contribution in [2.75, 3.05) is 39.4 Å². The van der Waals surface area contributed by atoms with E-state index in [1.165, 1.54) is 5.56 Å². The number of nitrogens with zero attached hydrogens (tertiary/aromatic N) is 4. The molecule has 4 heterocycles. The summed E-state index contributed by atoms with van der Waals surface area (Å²) in [6.07, 6.45) is 6.19. The van der Waals surface area contributed by atoms with E-state index in [4.69, 9.17) is 17.0 Å². The third kappa shape index (κ3) is 4.35. The van der Waals surface area contributed by atoms with Crippen molar-refractivity contribution in [2.24, 2.45) is 0 Å². The molecule has 2 aliphatic heterocycles. The Kier molecular flexibility index (Phi) is 5.97. The number of morpholine rings is 1. The Morgan fingerprint density at radius 3 is 2.58 bits per heavy atom. The van der Waals surface area contributed by atoms with Crippen LogP contribution in [0.3, 0.4) is 0 Å². The van der Waals surface area contributed by atoms with Crippen molar-refractivity contribution < 1.29 is 4.74 Å². The van der Waals surface area contributed by atoms with Crippen molar-refractivity contribution in [1.82, 2.24) is 24.7 Å². The topological polar surface area (TPSA) is 45.6 Å². The van der Waals surface area contributed by atoms with E-state index in [9.17, 15) is 0 Å². The number of thiocarbonyl (C=S) groups is 1. The molecule has 2 saturated heterocycles. The smallest absolute Gasteiger partial charge is 0.170 e. The van der Waals surface area contributed by atoms with Gasteiger partial charge in [0.25, 0.3) is 0 Å². The zero-order valence-electron chi connectivity index (χ0n) is 17.4. The molecule has 5 rings (SSSR count). The molecule has 7 heteroatoms. The second kappa shape index (κ2) is 9.18. The number of nitrogens with one attached hydrogen (secondary N) is 1. The van der Waals surface area contributed by atoms with E-state index in [1.807, 2.05) is 24.4 Å². The van der Waals surface area contributed by atoms with Gasteiger partial charge >= 0.3 is 0 Å². The summed E-state index contributed by atoms with van der Waals surface area (Å²) in [5.41, 5.74) is 3.39. The molecule has 3 aromatic rings. The summed E-state index contributed by atoms with van der Waals surface area (Å²) in [5.74, 6) is 0. The Hall–Kier alpha value is -2.74. The third-order valence-electron chi connectivity index (χ3n) is 6.07. The van der Waals surface area contributed by atoms with Crippen LogP contribution in [0.1, 0.15) is 23.3 Å². The van der Waals surface area contributed by atoms with E-state index in [1.54, 1.807) is 0 Å². The van der Waals surface area contributed by atoms with E-state index >= 15 is 0 Å². The molecule has 0 bridgehead atoms. The summed E-state index contributed by atoms with van der Waals surface area (Å²) < 4.78 is 7.67. The maximum atomic E-state index is 5.80. The SMILES string of the molecule is S=C1NC(c2ccccn2)C(c2ccn(-c3ccccc3)c2)N1CCN1CCOCC1. The van der Waals surface area contributed by atoms with Crippen molar-refractivity contribution >= 4 is 17.3 Å². The van der Waals surface area contributed by atoms with Crippen LogP contribution in [0, 0.1) is 0 Å². The molecule has 1 aromatic carbocycles. The fraction of sp³-hybridized carbons (Fsp3) is 0.333. The molecule has 0 spiro atoms. The first kappa shape index (κ1) is 20.2. The molecule has 2 fully saturated rings. The number of aromatic nitrogens is 2. The molecule has 2 aromatic heterocycles. The van der Waals surface area contributed by atoms with Crippen molar-refractivity contribution in [2.45, 2.75) is 12.1 Å². The minimum Gasteiger partial charge on any atom is -0.379 e. The zero-order chi connectivity index (χ0) is 21.0. The van der Waals surface area contributed by atoms with Crippen LogP contribution < -0.4 is 5.32 Å². The van der Waals surface area contributed by atoms with Crippen molar-refractivity contribution in [3.05, 3.63) is 84.4 Å². The predicted molar refractivity (Wildman–Crippen MR) is 125 cm³/mol. The van der Waals surface area contributed by atoms with Gasteiger partial charge in [-0.15, -0.1) is 0 Å². The summed E-state index contributed by atoms with van der Waals surface area (Å²) in [6, 6.07) is 18.8. The molecule has 0 aliphatic carbocycles. The lowest BCUT2D eigenvalue weighted by atomic mass is 9.99. The first-order valence-corrected chi connectivity index (χ1v) is 11.2. The maximum absolute atomic E-state index is 5.80. The molecule has 1 N–H and O–H groups in total. The summed E-state index contributed by atoms with van der Waals surface area (Å²) >= 11 is 5.80. The first-order valence-electron chi connectivity index (χ1n) is 10.8. The van der Waals surface area contributed by atoms with Crippen molar-refractivity contribution in [1.29, 1.82) is 0 Å². The van der Waals surface area contributed by atoms with Crippen LogP contribution >= 0.6 is 12.2 Å². The molecule has 0 radical (unpaired) electrons. The monoisotopic (exact) mass is 433 g/mol. The molecule has 2 unspecified atom stereocenters. The maximum Gasteiger partial charge on any atom is 0.170 e. The summed E-state index contributed by atoms with van der Waals surface area (Å²) in [6.45, 7) is 5.41. The summed E-state index contributed by atoms with van der Waals surface area (Å²) in [7, 11) is 0. The van der Waals surface area contributed by atoms with E-state index < -0.39 is 0 Å². The Morgan fingerprint density at radius 2 is 1.81 bits per heavy atom. The number of hydrogen-bond acceptors (Lipinski definition) is 4. The lowest BCUT2D eigenvalue weighted by molar-refractivity contribution is 0.0350. The van der Waals surface area contributed by atoms with Gasteiger partial charge in [-0.05, 0) is 48.1 Å². The molecular formula is C24H27N5OS. The largest absolute Gasteiger partial charge is 0.379 e. The summed E-state index contributed by atoms with van der Waals surface area (Å²) in [5, 5.41) is 4.34. The molecule has 6 nitrogen and oxygen atoms in total. The van der Waals surface area contributed by atoms with Crippen LogP contribution in [0.15, 0.2) is 73.2 Å². The van der Waals surface area contributed by atoms with Gasteiger partial charge < -0.3 is 19.5 Å². The van der Waals surface area contributed by atoms with Gasteiger partial charge in [0.2, 0.25) is 0 Å². The minimum absolute atomic E-state index is 0.0185. The Labute approximate surface area is 188 Å². The molecule has 31 heavy (non-hydrogen) atoms. The van der Waals surface area contributed by atoms with Crippen molar-refractivity contribution in [3.63, 3.8) is 0 Å². The standard InChI is InChI=1S/C24H27N5OS/c31-24-26-22(21-8-4-5-10-25-21)23(29(24)13-12-27-14-16-30-17-15-27)19-9-11-28(18-19)20-6-2-1-3-7-20/h1-11,18,22-23H,12-17H2,(H,26,31). The second-order valence-corrected chi connectivity index (χ2v) is 8.35. The van der Waals surface area contributed by atoms with Gasteiger partial charge in [-0.2, -0.15) is 0 Å². The first-order chi connectivity index (χ1) is 15.3. The average Bonchev–Trinajstić information content (AvgIpc) is 3.44. The van der Waals surface area contributed by atoms with Crippen LogP contribution in [0.4, 0.5) is 0 Å². The molecule has 2 aliphatic rings. The highest BCUT2D eigenvalue weighted by atomic mass is 32.1. The highest BCUT2D eigenvalue weighted by Gasteiger charge is 2.40. The van der Waals surface area contributed by atoms with Gasteiger partial charge in [0.1, 0.15) is 0 Å². The number of rotatable bonds is 6. The average molecular weight is 434 g/mol. The number of para-hydroxylation sites is 1. The minimum atomic E-state index is 0.0185. The van der Waals surface area contributed by atoms with E-state index in [-0.39, 0.29) is 12.1 Å². The highest BCUT2D eigenvalue weighted by molar-refractivity contribution is 7.80. The molecule has 0 amide bonds. The van der Waals surface area contributed by atoms with Gasteiger partial charge in [-0.3, -0.25) is 9.88 Å². The van der Waals surface area contributed by atoms with Crippen molar-refractivity contribution in [3.8, 4) is 5.69 Å². The van der Waals surface area contributed by atoms with Gasteiger partial charge in [0.05, 0.1) is 31.0 Å². The van der Waals surface area contributed by atoms with Crippen LogP contribution in [0.5, 0.6) is 0 Å². The lowest BCUT2D eigenvalue weighted by Gasteiger charge is -2.31. The number of pyridine rings is 1. The summed E-state index contributed by atoms with van der Waals surface area (Å²) in [4.78, 5) is 9.42. The fourth-order valence-corrected chi connectivity index (χ4v) is 4.76. The predicted octanol–water partition coefficient (Wildman–Crippen LogP) is 3.18. The molecule has 0 saturated carbocycles. The van der Waals surface area contributed by atoms with E-state index in [0.29, 0.717) is 0 Å². The van der Waals surface area contributed by atoms with Gasteiger partial charge in [0, 0.05) is 50.5 Å². The molecule has 2 atom stereocenters. The van der Waals surface area contributed by atoms with E-state index in [0.717, 1.165) is 55.9 Å². The molecular weight excluding hydrogens is 406 g/mol. The normalized spacial score (nSPS) is 21.9. The van der Waals surface area contributed by atoms with Crippen LogP contribution in [0.2, 0.25) is 0 Å². The van der Waals surface area contributed by atoms with E-state index in [2.05, 4.69) is 73.5 Å². The Balaban J connectivity index is 1.44. The zero-order valence-corrected chi connectivity index (χ0v) is 18.2. The van der Waals surface area contributed by atoms with Gasteiger partial charge in [-0.1, -0.05) is 24.3 Å². The van der Waals surface area contributed by atoms with Crippen LogP contribution in [-0.2, 0) is 4.74 Å². The van der Waals surface area contributed by atoms with Crippen LogP contribution in [-0.4, -0.2) is 63.9 Å². The number of ether oxygens (including phenoxy) is 1.